The van der Waals surface area contributed by atoms with Gasteiger partial charge in [0.2, 0.25) is 0 Å². The van der Waals surface area contributed by atoms with Gasteiger partial charge >= 0.3 is 0 Å². The predicted molar refractivity (Wildman–Crippen MR) is 68.9 cm³/mol. The molecule has 2 heteroatoms. The topological polar surface area (TPSA) is 21.3 Å². The molecule has 1 unspecified atom stereocenters. The summed E-state index contributed by atoms with van der Waals surface area (Å²) in [4.78, 5) is 0. The van der Waals surface area contributed by atoms with Gasteiger partial charge in [0.05, 0.1) is 6.61 Å². The number of hydrogen-bond donors (Lipinski definition) is 1. The third-order valence-corrected chi connectivity index (χ3v) is 2.81. The number of ether oxygens (including phenoxy) is 1. The molecule has 2 nitrogen and oxygen atoms in total. The van der Waals surface area contributed by atoms with Gasteiger partial charge in [0.25, 0.3) is 0 Å². The molecule has 0 aromatic heterocycles. The molecule has 0 amide bonds. The van der Waals surface area contributed by atoms with Crippen molar-refractivity contribution in [3.8, 4) is 5.75 Å². The second-order valence-electron chi connectivity index (χ2n) is 5.16. The zero-order valence-electron chi connectivity index (χ0n) is 10.8. The molecule has 0 bridgehead atoms. The van der Waals surface area contributed by atoms with Crippen molar-refractivity contribution in [1.82, 2.24) is 5.32 Å². The molecule has 0 radical (unpaired) electrons. The average molecular weight is 221 g/mol. The second-order valence-corrected chi connectivity index (χ2v) is 5.16. The van der Waals surface area contributed by atoms with Crippen molar-refractivity contribution in [3.05, 3.63) is 30.3 Å². The molecular weight excluding hydrogens is 198 g/mol. The zero-order valence-corrected chi connectivity index (χ0v) is 10.8. The van der Waals surface area contributed by atoms with Crippen molar-refractivity contribution in [2.24, 2.45) is 5.41 Å². The molecule has 16 heavy (non-hydrogen) atoms. The van der Waals surface area contributed by atoms with Gasteiger partial charge in [-0.15, -0.1) is 0 Å². The van der Waals surface area contributed by atoms with E-state index in [9.17, 15) is 0 Å². The zero-order chi connectivity index (χ0) is 12.0. The van der Waals surface area contributed by atoms with Crippen LogP contribution in [-0.4, -0.2) is 19.7 Å². The maximum absolute atomic E-state index is 5.69. The third kappa shape index (κ3) is 4.23. The predicted octanol–water partition coefficient (Wildman–Crippen LogP) is 3.09. The molecule has 0 heterocycles. The lowest BCUT2D eigenvalue weighted by Crippen LogP contribution is -2.39. The molecule has 0 aliphatic rings. The van der Waals surface area contributed by atoms with E-state index in [0.717, 1.165) is 18.8 Å². The Balaban J connectivity index is 2.35. The van der Waals surface area contributed by atoms with Crippen molar-refractivity contribution >= 4 is 0 Å². The SMILES string of the molecule is CNC(CCOc1ccccc1)C(C)(C)C. The summed E-state index contributed by atoms with van der Waals surface area (Å²) in [6, 6.07) is 10.5. The minimum atomic E-state index is 0.273. The summed E-state index contributed by atoms with van der Waals surface area (Å²) in [6.07, 6.45) is 1.02. The Morgan fingerprint density at radius 1 is 1.19 bits per heavy atom. The van der Waals surface area contributed by atoms with Crippen LogP contribution in [0.5, 0.6) is 5.75 Å². The van der Waals surface area contributed by atoms with Gasteiger partial charge in [-0.3, -0.25) is 0 Å². The van der Waals surface area contributed by atoms with Crippen LogP contribution >= 0.6 is 0 Å². The minimum Gasteiger partial charge on any atom is -0.494 e. The Morgan fingerprint density at radius 3 is 2.31 bits per heavy atom. The first-order valence-electron chi connectivity index (χ1n) is 5.89. The van der Waals surface area contributed by atoms with E-state index < -0.39 is 0 Å². The number of nitrogens with one attached hydrogen (secondary N) is 1. The van der Waals surface area contributed by atoms with E-state index in [2.05, 4.69) is 26.1 Å². The highest BCUT2D eigenvalue weighted by atomic mass is 16.5. The molecule has 1 atom stereocenters. The van der Waals surface area contributed by atoms with E-state index in [4.69, 9.17) is 4.74 Å². The lowest BCUT2D eigenvalue weighted by atomic mass is 9.85. The van der Waals surface area contributed by atoms with Gasteiger partial charge in [0, 0.05) is 6.04 Å². The monoisotopic (exact) mass is 221 g/mol. The average Bonchev–Trinajstić information content (AvgIpc) is 2.24. The van der Waals surface area contributed by atoms with Gasteiger partial charge in [-0.05, 0) is 31.0 Å². The first kappa shape index (κ1) is 13.0. The highest BCUT2D eigenvalue weighted by Gasteiger charge is 2.22. The van der Waals surface area contributed by atoms with Crippen LogP contribution in [-0.2, 0) is 0 Å². The van der Waals surface area contributed by atoms with Crippen molar-refractivity contribution in [1.29, 1.82) is 0 Å². The summed E-state index contributed by atoms with van der Waals surface area (Å²) in [5.41, 5.74) is 0.273. The van der Waals surface area contributed by atoms with Gasteiger partial charge in [0.1, 0.15) is 5.75 Å². The summed E-state index contributed by atoms with van der Waals surface area (Å²) < 4.78 is 5.69. The number of benzene rings is 1. The summed E-state index contributed by atoms with van der Waals surface area (Å²) in [7, 11) is 2.01. The highest BCUT2D eigenvalue weighted by Crippen LogP contribution is 2.21. The molecule has 0 saturated carbocycles. The summed E-state index contributed by atoms with van der Waals surface area (Å²) in [6.45, 7) is 7.50. The molecule has 0 saturated heterocycles. The standard InChI is InChI=1S/C14H23NO/c1-14(2,3)13(15-4)10-11-16-12-8-6-5-7-9-12/h5-9,13,15H,10-11H2,1-4H3. The minimum absolute atomic E-state index is 0.273. The number of rotatable bonds is 5. The fourth-order valence-corrected chi connectivity index (χ4v) is 1.82. The fourth-order valence-electron chi connectivity index (χ4n) is 1.82. The molecular formula is C14H23NO. The third-order valence-electron chi connectivity index (χ3n) is 2.81. The van der Waals surface area contributed by atoms with Crippen LogP contribution in [0.25, 0.3) is 0 Å². The van der Waals surface area contributed by atoms with Crippen LogP contribution in [0.3, 0.4) is 0 Å². The molecule has 90 valence electrons. The molecule has 1 N–H and O–H groups in total. The Kier molecular flexibility index (Phi) is 4.81. The van der Waals surface area contributed by atoms with Crippen LogP contribution in [0.2, 0.25) is 0 Å². The van der Waals surface area contributed by atoms with Crippen molar-refractivity contribution < 1.29 is 4.74 Å². The van der Waals surface area contributed by atoms with E-state index in [1.807, 2.05) is 37.4 Å². The van der Waals surface area contributed by atoms with Crippen LogP contribution in [0, 0.1) is 5.41 Å². The van der Waals surface area contributed by atoms with Crippen molar-refractivity contribution in [2.45, 2.75) is 33.2 Å². The van der Waals surface area contributed by atoms with E-state index in [-0.39, 0.29) is 5.41 Å². The Labute approximate surface area is 99.0 Å². The van der Waals surface area contributed by atoms with E-state index in [0.29, 0.717) is 6.04 Å². The quantitative estimate of drug-likeness (QED) is 0.825. The van der Waals surface area contributed by atoms with E-state index >= 15 is 0 Å². The van der Waals surface area contributed by atoms with Gasteiger partial charge in [-0.1, -0.05) is 39.0 Å². The van der Waals surface area contributed by atoms with Gasteiger partial charge in [0.15, 0.2) is 0 Å². The highest BCUT2D eigenvalue weighted by molar-refractivity contribution is 5.20. The largest absolute Gasteiger partial charge is 0.494 e. The summed E-state index contributed by atoms with van der Waals surface area (Å²) in [5.74, 6) is 0.950. The van der Waals surface area contributed by atoms with Crippen LogP contribution in [0.15, 0.2) is 30.3 Å². The van der Waals surface area contributed by atoms with E-state index in [1.54, 1.807) is 0 Å². The first-order chi connectivity index (χ1) is 7.54. The van der Waals surface area contributed by atoms with Gasteiger partial charge < -0.3 is 10.1 Å². The molecule has 1 aromatic carbocycles. The normalized spacial score (nSPS) is 13.5. The molecule has 1 aromatic rings. The summed E-state index contributed by atoms with van der Waals surface area (Å²) >= 11 is 0. The molecule has 0 fully saturated rings. The smallest absolute Gasteiger partial charge is 0.119 e. The number of hydrogen-bond acceptors (Lipinski definition) is 2. The van der Waals surface area contributed by atoms with E-state index in [1.165, 1.54) is 0 Å². The first-order valence-corrected chi connectivity index (χ1v) is 5.89. The Bertz CT molecular complexity index is 289. The lowest BCUT2D eigenvalue weighted by Gasteiger charge is -2.30. The molecule has 1 rings (SSSR count). The molecule has 0 aliphatic heterocycles. The fraction of sp³-hybridized carbons (Fsp3) is 0.571. The van der Waals surface area contributed by atoms with Crippen LogP contribution in [0.1, 0.15) is 27.2 Å². The molecule has 0 spiro atoms. The Morgan fingerprint density at radius 2 is 1.81 bits per heavy atom. The lowest BCUT2D eigenvalue weighted by molar-refractivity contribution is 0.216. The number of para-hydroxylation sites is 1. The van der Waals surface area contributed by atoms with Crippen molar-refractivity contribution in [3.63, 3.8) is 0 Å². The summed E-state index contributed by atoms with van der Waals surface area (Å²) in [5, 5.41) is 3.35. The maximum atomic E-state index is 5.69. The maximum Gasteiger partial charge on any atom is 0.119 e. The van der Waals surface area contributed by atoms with Crippen LogP contribution in [0.4, 0.5) is 0 Å². The van der Waals surface area contributed by atoms with Crippen molar-refractivity contribution in [2.75, 3.05) is 13.7 Å². The van der Waals surface area contributed by atoms with Gasteiger partial charge in [-0.2, -0.15) is 0 Å². The molecule has 0 aliphatic carbocycles. The van der Waals surface area contributed by atoms with Gasteiger partial charge in [-0.25, -0.2) is 0 Å². The van der Waals surface area contributed by atoms with Crippen LogP contribution < -0.4 is 10.1 Å². The Hall–Kier alpha value is -1.02. The second kappa shape index (κ2) is 5.90.